The maximum absolute atomic E-state index is 2.38. The lowest BCUT2D eigenvalue weighted by Crippen LogP contribution is -2.10. The molecule has 0 N–H and O–H groups in total. The predicted octanol–water partition coefficient (Wildman–Crippen LogP) is 5.65. The van der Waals surface area contributed by atoms with Gasteiger partial charge in [-0.1, -0.05) is 74.4 Å². The Morgan fingerprint density at radius 3 is 1.89 bits per heavy atom. The molecule has 0 nitrogen and oxygen atoms in total. The number of rotatable bonds is 2. The fourth-order valence-electron chi connectivity index (χ4n) is 3.17. The van der Waals surface area contributed by atoms with Crippen LogP contribution in [0.4, 0.5) is 0 Å². The lowest BCUT2D eigenvalue weighted by molar-refractivity contribution is 0.348. The van der Waals surface area contributed by atoms with Crippen molar-refractivity contribution in [3.8, 4) is 11.1 Å². The molecule has 0 atom stereocenters. The zero-order valence-corrected chi connectivity index (χ0v) is 11.7. The van der Waals surface area contributed by atoms with Crippen molar-refractivity contribution < 1.29 is 0 Å². The molecule has 0 aliphatic heterocycles. The maximum atomic E-state index is 2.38. The van der Waals surface area contributed by atoms with Gasteiger partial charge >= 0.3 is 0 Å². The van der Waals surface area contributed by atoms with Crippen LogP contribution in [-0.2, 0) is 0 Å². The minimum atomic E-state index is 0.793. The zero-order valence-electron chi connectivity index (χ0n) is 11.7. The van der Waals surface area contributed by atoms with E-state index in [9.17, 15) is 0 Å². The van der Waals surface area contributed by atoms with Crippen LogP contribution in [0.3, 0.4) is 0 Å². The second-order valence-corrected chi connectivity index (χ2v) is 5.94. The first-order valence-corrected chi connectivity index (χ1v) is 7.48. The highest BCUT2D eigenvalue weighted by Gasteiger charge is 2.19. The zero-order chi connectivity index (χ0) is 13.1. The van der Waals surface area contributed by atoms with E-state index in [1.807, 2.05) is 0 Å². The molecule has 0 heterocycles. The molecule has 1 saturated carbocycles. The van der Waals surface area contributed by atoms with Gasteiger partial charge in [-0.15, -0.1) is 0 Å². The molecule has 0 radical (unpaired) electrons. The van der Waals surface area contributed by atoms with Crippen molar-refractivity contribution in [1.29, 1.82) is 0 Å². The van der Waals surface area contributed by atoms with Crippen molar-refractivity contribution >= 4 is 0 Å². The van der Waals surface area contributed by atoms with Crippen molar-refractivity contribution in [2.24, 2.45) is 5.92 Å². The minimum Gasteiger partial charge on any atom is -0.0625 e. The van der Waals surface area contributed by atoms with Crippen LogP contribution >= 0.6 is 0 Å². The van der Waals surface area contributed by atoms with Gasteiger partial charge in [0.05, 0.1) is 0 Å². The number of hydrogen-bond acceptors (Lipinski definition) is 0. The molecule has 0 unspecified atom stereocenters. The Bertz CT molecular complexity index is 501. The van der Waals surface area contributed by atoms with Crippen LogP contribution in [-0.4, -0.2) is 0 Å². The molecule has 0 aromatic heterocycles. The smallest absolute Gasteiger partial charge is 0.0162 e. The van der Waals surface area contributed by atoms with Crippen molar-refractivity contribution in [2.45, 2.75) is 38.5 Å². The summed E-state index contributed by atoms with van der Waals surface area (Å²) < 4.78 is 0. The third-order valence-corrected chi connectivity index (χ3v) is 4.51. The minimum absolute atomic E-state index is 0.793. The monoisotopic (exact) mass is 250 g/mol. The molecule has 0 spiro atoms. The SMILES string of the molecule is C[C@H]1CC[C@H](c2ccc(-c3ccccc3)cc2)CC1. The molecule has 0 bridgehead atoms. The lowest BCUT2D eigenvalue weighted by atomic mass is 9.79. The van der Waals surface area contributed by atoms with Gasteiger partial charge in [0.1, 0.15) is 0 Å². The molecule has 3 rings (SSSR count). The molecular weight excluding hydrogens is 228 g/mol. The van der Waals surface area contributed by atoms with Crippen LogP contribution in [0, 0.1) is 5.92 Å². The molecule has 2 aromatic rings. The molecule has 1 aliphatic rings. The van der Waals surface area contributed by atoms with Crippen molar-refractivity contribution in [3.05, 3.63) is 60.2 Å². The summed E-state index contributed by atoms with van der Waals surface area (Å²) in [4.78, 5) is 0. The summed E-state index contributed by atoms with van der Waals surface area (Å²) in [5.41, 5.74) is 4.17. The lowest BCUT2D eigenvalue weighted by Gasteiger charge is -2.26. The average molecular weight is 250 g/mol. The third kappa shape index (κ3) is 2.89. The van der Waals surface area contributed by atoms with E-state index in [4.69, 9.17) is 0 Å². The van der Waals surface area contributed by atoms with Crippen LogP contribution in [0.5, 0.6) is 0 Å². The van der Waals surface area contributed by atoms with Crippen LogP contribution in [0.2, 0.25) is 0 Å². The molecular formula is C19H22. The molecule has 0 heteroatoms. The second-order valence-electron chi connectivity index (χ2n) is 5.94. The summed E-state index contributed by atoms with van der Waals surface area (Å²) >= 11 is 0. The highest BCUT2D eigenvalue weighted by Crippen LogP contribution is 2.36. The van der Waals surface area contributed by atoms with E-state index < -0.39 is 0 Å². The van der Waals surface area contributed by atoms with Crippen LogP contribution in [0.1, 0.15) is 44.1 Å². The Kier molecular flexibility index (Phi) is 3.68. The highest BCUT2D eigenvalue weighted by molar-refractivity contribution is 5.63. The topological polar surface area (TPSA) is 0 Å². The van der Waals surface area contributed by atoms with Gasteiger partial charge in [-0.2, -0.15) is 0 Å². The fourth-order valence-corrected chi connectivity index (χ4v) is 3.17. The van der Waals surface area contributed by atoms with Crippen molar-refractivity contribution in [2.75, 3.05) is 0 Å². The Morgan fingerprint density at radius 1 is 0.684 bits per heavy atom. The summed E-state index contributed by atoms with van der Waals surface area (Å²) in [6, 6.07) is 19.9. The van der Waals surface area contributed by atoms with Gasteiger partial charge in [0.15, 0.2) is 0 Å². The van der Waals surface area contributed by atoms with E-state index in [1.54, 1.807) is 0 Å². The summed E-state index contributed by atoms with van der Waals surface area (Å²) in [5.74, 6) is 1.72. The summed E-state index contributed by atoms with van der Waals surface area (Å²) in [5, 5.41) is 0. The van der Waals surface area contributed by atoms with Gasteiger partial charge in [0.25, 0.3) is 0 Å². The number of benzene rings is 2. The summed E-state index contributed by atoms with van der Waals surface area (Å²) in [6.07, 6.45) is 5.52. The quantitative estimate of drug-likeness (QED) is 0.646. The van der Waals surface area contributed by atoms with E-state index in [-0.39, 0.29) is 0 Å². The van der Waals surface area contributed by atoms with Crippen LogP contribution in [0.15, 0.2) is 54.6 Å². The first-order valence-electron chi connectivity index (χ1n) is 7.48. The van der Waals surface area contributed by atoms with Gasteiger partial charge in [-0.05, 0) is 41.4 Å². The standard InChI is InChI=1S/C19H22/c1-15-7-9-17(10-8-15)19-13-11-18(12-14-19)16-5-3-2-4-6-16/h2-6,11-15,17H,7-10H2,1H3/t15-,17-. The number of hydrogen-bond donors (Lipinski definition) is 0. The first kappa shape index (κ1) is 12.5. The van der Waals surface area contributed by atoms with E-state index in [2.05, 4.69) is 61.5 Å². The second kappa shape index (κ2) is 5.61. The fraction of sp³-hybridized carbons (Fsp3) is 0.368. The van der Waals surface area contributed by atoms with Gasteiger partial charge in [0.2, 0.25) is 0 Å². The molecule has 1 aliphatic carbocycles. The van der Waals surface area contributed by atoms with Crippen molar-refractivity contribution in [3.63, 3.8) is 0 Å². The Hall–Kier alpha value is -1.56. The first-order chi connectivity index (χ1) is 9.33. The molecule has 19 heavy (non-hydrogen) atoms. The average Bonchev–Trinajstić information content (AvgIpc) is 2.49. The van der Waals surface area contributed by atoms with E-state index in [0.717, 1.165) is 11.8 Å². The van der Waals surface area contributed by atoms with Gasteiger partial charge in [-0.3, -0.25) is 0 Å². The summed E-state index contributed by atoms with van der Waals surface area (Å²) in [7, 11) is 0. The van der Waals surface area contributed by atoms with E-state index >= 15 is 0 Å². The molecule has 1 fully saturated rings. The van der Waals surface area contributed by atoms with Crippen molar-refractivity contribution in [1.82, 2.24) is 0 Å². The predicted molar refractivity (Wildman–Crippen MR) is 82.3 cm³/mol. The van der Waals surface area contributed by atoms with Gasteiger partial charge in [-0.25, -0.2) is 0 Å². The Labute approximate surface area is 116 Å². The maximum Gasteiger partial charge on any atom is -0.0162 e. The van der Waals surface area contributed by atoms with Gasteiger partial charge in [0, 0.05) is 0 Å². The molecule has 0 amide bonds. The van der Waals surface area contributed by atoms with Crippen LogP contribution in [0.25, 0.3) is 11.1 Å². The van der Waals surface area contributed by atoms with E-state index in [0.29, 0.717) is 0 Å². The molecule has 2 aromatic carbocycles. The Balaban J connectivity index is 1.76. The van der Waals surface area contributed by atoms with Crippen LogP contribution < -0.4 is 0 Å². The molecule has 0 saturated heterocycles. The molecule has 98 valence electrons. The largest absolute Gasteiger partial charge is 0.0625 e. The third-order valence-electron chi connectivity index (χ3n) is 4.51. The normalized spacial score (nSPS) is 23.2. The highest BCUT2D eigenvalue weighted by atomic mass is 14.2. The summed E-state index contributed by atoms with van der Waals surface area (Å²) in [6.45, 7) is 2.38. The van der Waals surface area contributed by atoms with Gasteiger partial charge < -0.3 is 0 Å². The Morgan fingerprint density at radius 2 is 1.26 bits per heavy atom. The van der Waals surface area contributed by atoms with E-state index in [1.165, 1.54) is 42.4 Å².